The van der Waals surface area contributed by atoms with Crippen LogP contribution in [0.4, 0.5) is 0 Å². The van der Waals surface area contributed by atoms with Crippen LogP contribution in [0.2, 0.25) is 0 Å². The molecule has 2 aromatic carbocycles. The molecule has 0 spiro atoms. The molecule has 0 aliphatic heterocycles. The first kappa shape index (κ1) is 15.4. The Bertz CT molecular complexity index is 898. The lowest BCUT2D eigenvalue weighted by Crippen LogP contribution is -2.23. The zero-order chi connectivity index (χ0) is 16.8. The quantitative estimate of drug-likeness (QED) is 0.801. The van der Waals surface area contributed by atoms with Gasteiger partial charge in [-0.2, -0.15) is 5.26 Å². The molecule has 1 N–H and O–H groups in total. The topological polar surface area (TPSA) is 65.8 Å². The summed E-state index contributed by atoms with van der Waals surface area (Å²) in [4.78, 5) is 16.8. The van der Waals surface area contributed by atoms with Crippen molar-refractivity contribution in [2.45, 2.75) is 6.54 Å². The van der Waals surface area contributed by atoms with Gasteiger partial charge in [0.1, 0.15) is 0 Å². The molecule has 0 radical (unpaired) electrons. The van der Waals surface area contributed by atoms with E-state index in [-0.39, 0.29) is 5.91 Å². The Balaban J connectivity index is 1.89. The van der Waals surface area contributed by atoms with E-state index in [1.54, 1.807) is 18.3 Å². The fourth-order valence-electron chi connectivity index (χ4n) is 2.50. The van der Waals surface area contributed by atoms with E-state index in [1.807, 2.05) is 54.6 Å². The third-order valence-electron chi connectivity index (χ3n) is 3.67. The molecule has 0 bridgehead atoms. The predicted octanol–water partition coefficient (Wildman–Crippen LogP) is 3.55. The summed E-state index contributed by atoms with van der Waals surface area (Å²) in [7, 11) is 0. The highest BCUT2D eigenvalue weighted by molar-refractivity contribution is 6.01. The van der Waals surface area contributed by atoms with Gasteiger partial charge in [0.15, 0.2) is 0 Å². The Morgan fingerprint density at radius 2 is 1.67 bits per heavy atom. The number of aromatic nitrogens is 1. The molecule has 4 nitrogen and oxygen atoms in total. The summed E-state index contributed by atoms with van der Waals surface area (Å²) in [5, 5.41) is 12.2. The number of nitriles is 1. The van der Waals surface area contributed by atoms with Crippen LogP contribution in [0.5, 0.6) is 0 Å². The van der Waals surface area contributed by atoms with Crippen molar-refractivity contribution < 1.29 is 4.79 Å². The summed E-state index contributed by atoms with van der Waals surface area (Å²) in [6.07, 6.45) is 1.69. The number of benzene rings is 2. The second kappa shape index (κ2) is 7.21. The SMILES string of the molecule is N#Cc1ccccc1-c1ccccc1C(=O)NCc1ccccn1. The molecular formula is C20H15N3O. The van der Waals surface area contributed by atoms with Gasteiger partial charge < -0.3 is 5.32 Å². The lowest BCUT2D eigenvalue weighted by Gasteiger charge is -2.11. The van der Waals surface area contributed by atoms with Gasteiger partial charge in [0.25, 0.3) is 5.91 Å². The van der Waals surface area contributed by atoms with Crippen molar-refractivity contribution in [1.29, 1.82) is 5.26 Å². The smallest absolute Gasteiger partial charge is 0.252 e. The fraction of sp³-hybridized carbons (Fsp3) is 0.0500. The lowest BCUT2D eigenvalue weighted by molar-refractivity contribution is 0.0951. The van der Waals surface area contributed by atoms with E-state index in [0.717, 1.165) is 16.8 Å². The first-order valence-electron chi connectivity index (χ1n) is 7.56. The van der Waals surface area contributed by atoms with Gasteiger partial charge in [0.05, 0.1) is 23.9 Å². The zero-order valence-corrected chi connectivity index (χ0v) is 12.9. The third-order valence-corrected chi connectivity index (χ3v) is 3.67. The highest BCUT2D eigenvalue weighted by atomic mass is 16.1. The van der Waals surface area contributed by atoms with Gasteiger partial charge in [-0.05, 0) is 29.8 Å². The van der Waals surface area contributed by atoms with Crippen LogP contribution >= 0.6 is 0 Å². The van der Waals surface area contributed by atoms with Crippen LogP contribution in [0, 0.1) is 11.3 Å². The number of hydrogen-bond acceptors (Lipinski definition) is 3. The number of nitrogens with one attached hydrogen (secondary N) is 1. The minimum Gasteiger partial charge on any atom is -0.346 e. The van der Waals surface area contributed by atoms with Crippen molar-refractivity contribution in [2.24, 2.45) is 0 Å². The van der Waals surface area contributed by atoms with Crippen LogP contribution in [-0.4, -0.2) is 10.9 Å². The Morgan fingerprint density at radius 3 is 2.42 bits per heavy atom. The van der Waals surface area contributed by atoms with Gasteiger partial charge in [0, 0.05) is 17.3 Å². The van der Waals surface area contributed by atoms with Crippen molar-refractivity contribution in [3.05, 3.63) is 89.7 Å². The van der Waals surface area contributed by atoms with Crippen LogP contribution < -0.4 is 5.32 Å². The molecule has 0 fully saturated rings. The zero-order valence-electron chi connectivity index (χ0n) is 12.9. The van der Waals surface area contributed by atoms with Crippen molar-refractivity contribution in [1.82, 2.24) is 10.3 Å². The van der Waals surface area contributed by atoms with Crippen LogP contribution in [0.1, 0.15) is 21.6 Å². The average molecular weight is 313 g/mol. The van der Waals surface area contributed by atoms with Crippen molar-refractivity contribution in [3.8, 4) is 17.2 Å². The Morgan fingerprint density at radius 1 is 0.958 bits per heavy atom. The maximum atomic E-state index is 12.6. The second-order valence-corrected chi connectivity index (χ2v) is 5.21. The number of nitrogens with zero attached hydrogens (tertiary/aromatic N) is 2. The van der Waals surface area contributed by atoms with Crippen LogP contribution in [-0.2, 0) is 6.54 Å². The number of rotatable bonds is 4. The molecule has 0 saturated heterocycles. The van der Waals surface area contributed by atoms with Crippen molar-refractivity contribution in [3.63, 3.8) is 0 Å². The van der Waals surface area contributed by atoms with Crippen LogP contribution in [0.25, 0.3) is 11.1 Å². The molecule has 1 heterocycles. The van der Waals surface area contributed by atoms with Crippen molar-refractivity contribution >= 4 is 5.91 Å². The molecule has 4 heteroatoms. The van der Waals surface area contributed by atoms with Crippen LogP contribution in [0.15, 0.2) is 72.9 Å². The number of carbonyl (C=O) groups excluding carboxylic acids is 1. The average Bonchev–Trinajstić information content (AvgIpc) is 2.67. The number of pyridine rings is 1. The summed E-state index contributed by atoms with van der Waals surface area (Å²) in [5.41, 5.74) is 3.37. The first-order chi connectivity index (χ1) is 11.8. The van der Waals surface area contributed by atoms with E-state index in [1.165, 1.54) is 0 Å². The largest absolute Gasteiger partial charge is 0.346 e. The Hall–Kier alpha value is -3.45. The number of hydrogen-bond donors (Lipinski definition) is 1. The summed E-state index contributed by atoms with van der Waals surface area (Å²) in [6.45, 7) is 0.355. The maximum absolute atomic E-state index is 12.6. The van der Waals surface area contributed by atoms with Gasteiger partial charge in [-0.25, -0.2) is 0 Å². The highest BCUT2D eigenvalue weighted by Gasteiger charge is 2.14. The van der Waals surface area contributed by atoms with E-state index >= 15 is 0 Å². The molecule has 0 atom stereocenters. The third kappa shape index (κ3) is 3.31. The molecule has 1 amide bonds. The number of amides is 1. The number of carbonyl (C=O) groups is 1. The molecule has 24 heavy (non-hydrogen) atoms. The van der Waals surface area contributed by atoms with Gasteiger partial charge in [-0.3, -0.25) is 9.78 Å². The Kier molecular flexibility index (Phi) is 4.64. The normalized spacial score (nSPS) is 9.96. The molecule has 0 saturated carbocycles. The van der Waals surface area contributed by atoms with Gasteiger partial charge in [-0.1, -0.05) is 42.5 Å². The predicted molar refractivity (Wildman–Crippen MR) is 92.0 cm³/mol. The Labute approximate surface area is 140 Å². The fourth-order valence-corrected chi connectivity index (χ4v) is 2.50. The summed E-state index contributed by atoms with van der Waals surface area (Å²) >= 11 is 0. The molecule has 0 aliphatic carbocycles. The standard InChI is InChI=1S/C20H15N3O/c21-13-15-7-1-2-9-17(15)18-10-3-4-11-19(18)20(24)23-14-16-8-5-6-12-22-16/h1-12H,14H2,(H,23,24). The van der Waals surface area contributed by atoms with E-state index in [0.29, 0.717) is 17.7 Å². The van der Waals surface area contributed by atoms with E-state index in [4.69, 9.17) is 0 Å². The van der Waals surface area contributed by atoms with E-state index < -0.39 is 0 Å². The summed E-state index contributed by atoms with van der Waals surface area (Å²) in [5.74, 6) is -0.191. The van der Waals surface area contributed by atoms with E-state index in [2.05, 4.69) is 16.4 Å². The maximum Gasteiger partial charge on any atom is 0.252 e. The van der Waals surface area contributed by atoms with Gasteiger partial charge in [-0.15, -0.1) is 0 Å². The molecule has 116 valence electrons. The lowest BCUT2D eigenvalue weighted by atomic mass is 9.95. The van der Waals surface area contributed by atoms with Crippen molar-refractivity contribution in [2.75, 3.05) is 0 Å². The van der Waals surface area contributed by atoms with E-state index in [9.17, 15) is 10.1 Å². The molecule has 3 aromatic rings. The monoisotopic (exact) mass is 313 g/mol. The molecule has 0 unspecified atom stereocenters. The molecule has 1 aromatic heterocycles. The first-order valence-corrected chi connectivity index (χ1v) is 7.56. The molecular weight excluding hydrogens is 298 g/mol. The second-order valence-electron chi connectivity index (χ2n) is 5.21. The molecule has 0 aliphatic rings. The minimum atomic E-state index is -0.191. The summed E-state index contributed by atoms with van der Waals surface area (Å²) < 4.78 is 0. The van der Waals surface area contributed by atoms with Gasteiger partial charge in [0.2, 0.25) is 0 Å². The summed E-state index contributed by atoms with van der Waals surface area (Å²) in [6, 6.07) is 22.3. The van der Waals surface area contributed by atoms with Crippen LogP contribution in [0.3, 0.4) is 0 Å². The minimum absolute atomic E-state index is 0.191. The highest BCUT2D eigenvalue weighted by Crippen LogP contribution is 2.26. The molecule has 3 rings (SSSR count). The van der Waals surface area contributed by atoms with Gasteiger partial charge >= 0.3 is 0 Å².